The van der Waals surface area contributed by atoms with Crippen LogP contribution in [-0.4, -0.2) is 59.3 Å². The predicted molar refractivity (Wildman–Crippen MR) is 115 cm³/mol. The predicted octanol–water partition coefficient (Wildman–Crippen LogP) is 3.53. The molecular weight excluding hydrogens is 368 g/mol. The van der Waals surface area contributed by atoms with E-state index in [0.717, 1.165) is 12.8 Å². The van der Waals surface area contributed by atoms with Gasteiger partial charge >= 0.3 is 11.9 Å². The highest BCUT2D eigenvalue weighted by Gasteiger charge is 2.53. The number of carbonyl (C=O) groups is 2. The zero-order chi connectivity index (χ0) is 22.3. The van der Waals surface area contributed by atoms with Crippen LogP contribution in [0.5, 0.6) is 0 Å². The van der Waals surface area contributed by atoms with Gasteiger partial charge < -0.3 is 14.8 Å². The Kier molecular flexibility index (Phi) is 6.81. The van der Waals surface area contributed by atoms with Crippen molar-refractivity contribution in [2.45, 2.75) is 103 Å². The molecule has 0 radical (unpaired) electrons. The van der Waals surface area contributed by atoms with E-state index in [0.29, 0.717) is 26.1 Å². The largest absolute Gasteiger partial charge is 0.465 e. The van der Waals surface area contributed by atoms with Crippen LogP contribution in [0.1, 0.15) is 81.1 Å². The number of nitrogens with zero attached hydrogens (tertiary/aromatic N) is 1. The maximum atomic E-state index is 12.6. The zero-order valence-corrected chi connectivity index (χ0v) is 20.0. The highest BCUT2D eigenvalue weighted by atomic mass is 16.5. The molecule has 29 heavy (non-hydrogen) atoms. The summed E-state index contributed by atoms with van der Waals surface area (Å²) in [6.45, 7) is 17.6. The minimum absolute atomic E-state index is 0.0151. The third-order valence-corrected chi connectivity index (χ3v) is 7.17. The van der Waals surface area contributed by atoms with Crippen LogP contribution in [0.15, 0.2) is 0 Å². The summed E-state index contributed by atoms with van der Waals surface area (Å²) >= 11 is 0. The molecule has 6 nitrogen and oxygen atoms in total. The highest BCUT2D eigenvalue weighted by Crippen LogP contribution is 2.44. The lowest BCUT2D eigenvalue weighted by Crippen LogP contribution is -2.48. The topological polar surface area (TPSA) is 67.9 Å². The van der Waals surface area contributed by atoms with Crippen LogP contribution in [0.3, 0.4) is 0 Å². The maximum absolute atomic E-state index is 12.6. The first-order chi connectivity index (χ1) is 13.1. The maximum Gasteiger partial charge on any atom is 0.310 e. The first-order valence-electron chi connectivity index (χ1n) is 11.0. The third-order valence-electron chi connectivity index (χ3n) is 7.17. The van der Waals surface area contributed by atoms with Gasteiger partial charge in [-0.15, -0.1) is 0 Å². The van der Waals surface area contributed by atoms with E-state index in [1.54, 1.807) is 0 Å². The molecule has 2 atom stereocenters. The molecule has 0 aromatic carbocycles. The third kappa shape index (κ3) is 5.32. The highest BCUT2D eigenvalue weighted by molar-refractivity contribution is 5.75. The number of likely N-dealkylation sites (tertiary alicyclic amines) is 1. The van der Waals surface area contributed by atoms with Crippen LogP contribution in [0, 0.1) is 11.8 Å². The van der Waals surface area contributed by atoms with E-state index in [-0.39, 0.29) is 45.9 Å². The number of carbonyl (C=O) groups excluding carboxylic acids is 2. The van der Waals surface area contributed by atoms with E-state index < -0.39 is 0 Å². The number of nitrogens with one attached hydrogen (secondary N) is 1. The minimum atomic E-state index is -0.259. The standard InChI is InChI=1S/C23H42N2O4/c1-20(2)14-16(22(5,6)24-20)18(26)28-12-10-11-13-29-19(27)17-15-21(3,4)25(9)23(17,7)8/h16-17,24H,10-15H2,1-9H3. The normalized spacial score (nSPS) is 29.6. The number of hydrogen-bond acceptors (Lipinski definition) is 6. The van der Waals surface area contributed by atoms with Gasteiger partial charge in [0.1, 0.15) is 0 Å². The van der Waals surface area contributed by atoms with Crippen molar-refractivity contribution >= 4 is 11.9 Å². The Morgan fingerprint density at radius 1 is 0.862 bits per heavy atom. The van der Waals surface area contributed by atoms with Gasteiger partial charge in [-0.25, -0.2) is 0 Å². The van der Waals surface area contributed by atoms with Crippen LogP contribution in [0.2, 0.25) is 0 Å². The molecular formula is C23H42N2O4. The van der Waals surface area contributed by atoms with Gasteiger partial charge in [-0.1, -0.05) is 0 Å². The monoisotopic (exact) mass is 410 g/mol. The van der Waals surface area contributed by atoms with E-state index in [2.05, 4.69) is 72.7 Å². The fourth-order valence-electron chi connectivity index (χ4n) is 5.18. The summed E-state index contributed by atoms with van der Waals surface area (Å²) in [4.78, 5) is 27.3. The van der Waals surface area contributed by atoms with Crippen LogP contribution < -0.4 is 5.32 Å². The average molecular weight is 411 g/mol. The lowest BCUT2D eigenvalue weighted by atomic mass is 9.87. The number of ether oxygens (including phenoxy) is 2. The molecule has 168 valence electrons. The first-order valence-corrected chi connectivity index (χ1v) is 11.0. The smallest absolute Gasteiger partial charge is 0.310 e. The molecule has 2 rings (SSSR count). The number of hydrogen-bond donors (Lipinski definition) is 1. The Hall–Kier alpha value is -1.14. The molecule has 6 heteroatoms. The van der Waals surface area contributed by atoms with E-state index in [9.17, 15) is 9.59 Å². The van der Waals surface area contributed by atoms with Crippen molar-refractivity contribution in [3.8, 4) is 0 Å². The molecule has 1 N–H and O–H groups in total. The van der Waals surface area contributed by atoms with Gasteiger partial charge in [0.2, 0.25) is 0 Å². The molecule has 0 aromatic heterocycles. The van der Waals surface area contributed by atoms with Gasteiger partial charge in [0.05, 0.1) is 25.0 Å². The van der Waals surface area contributed by atoms with E-state index in [1.807, 2.05) is 0 Å². The van der Waals surface area contributed by atoms with E-state index >= 15 is 0 Å². The van der Waals surface area contributed by atoms with Crippen LogP contribution in [0.4, 0.5) is 0 Å². The SMILES string of the molecule is CN1C(C)(C)CC(C(=O)OCCCCOC(=O)C2CC(C)(C)NC2(C)C)C1(C)C. The summed E-state index contributed by atoms with van der Waals surface area (Å²) < 4.78 is 11.1. The molecule has 2 saturated heterocycles. The van der Waals surface area contributed by atoms with Crippen LogP contribution in [0.25, 0.3) is 0 Å². The average Bonchev–Trinajstić information content (AvgIpc) is 2.90. The van der Waals surface area contributed by atoms with Gasteiger partial charge in [-0.2, -0.15) is 0 Å². The van der Waals surface area contributed by atoms with Crippen LogP contribution in [-0.2, 0) is 19.1 Å². The quantitative estimate of drug-likeness (QED) is 0.512. The molecule has 2 aliphatic rings. The van der Waals surface area contributed by atoms with Gasteiger partial charge in [0.25, 0.3) is 0 Å². The lowest BCUT2D eigenvalue weighted by Gasteiger charge is -2.37. The van der Waals surface area contributed by atoms with Gasteiger partial charge in [0, 0.05) is 22.2 Å². The van der Waals surface area contributed by atoms with Crippen molar-refractivity contribution < 1.29 is 19.1 Å². The lowest BCUT2D eigenvalue weighted by molar-refractivity contribution is -0.153. The van der Waals surface area contributed by atoms with Crippen LogP contribution >= 0.6 is 0 Å². The zero-order valence-electron chi connectivity index (χ0n) is 20.0. The molecule has 2 aliphatic heterocycles. The molecule has 2 unspecified atom stereocenters. The fourth-order valence-corrected chi connectivity index (χ4v) is 5.18. The van der Waals surface area contributed by atoms with Gasteiger partial charge in [-0.05, 0) is 88.1 Å². The summed E-state index contributed by atoms with van der Waals surface area (Å²) in [6.07, 6.45) is 2.97. The van der Waals surface area contributed by atoms with Crippen molar-refractivity contribution in [2.75, 3.05) is 20.3 Å². The van der Waals surface area contributed by atoms with Gasteiger partial charge in [-0.3, -0.25) is 14.5 Å². The summed E-state index contributed by atoms with van der Waals surface area (Å²) in [5.74, 6) is -0.519. The Labute approximate surface area is 177 Å². The summed E-state index contributed by atoms with van der Waals surface area (Å²) in [6, 6.07) is 0. The molecule has 0 aliphatic carbocycles. The first kappa shape index (κ1) is 24.1. The summed E-state index contributed by atoms with van der Waals surface area (Å²) in [5.41, 5.74) is -0.548. The summed E-state index contributed by atoms with van der Waals surface area (Å²) in [7, 11) is 2.07. The second-order valence-corrected chi connectivity index (χ2v) is 11.3. The summed E-state index contributed by atoms with van der Waals surface area (Å²) in [5, 5.41) is 3.50. The Bertz CT molecular complexity index is 624. The second-order valence-electron chi connectivity index (χ2n) is 11.3. The van der Waals surface area contributed by atoms with Crippen molar-refractivity contribution in [3.05, 3.63) is 0 Å². The van der Waals surface area contributed by atoms with E-state index in [1.165, 1.54) is 0 Å². The number of unbranched alkanes of at least 4 members (excludes halogenated alkanes) is 1. The molecule has 0 aromatic rings. The van der Waals surface area contributed by atoms with Crippen molar-refractivity contribution in [1.29, 1.82) is 0 Å². The van der Waals surface area contributed by atoms with Crippen molar-refractivity contribution in [1.82, 2.24) is 10.2 Å². The number of rotatable bonds is 7. The molecule has 0 spiro atoms. The second kappa shape index (κ2) is 8.18. The molecule has 2 fully saturated rings. The van der Waals surface area contributed by atoms with E-state index in [4.69, 9.17) is 9.47 Å². The molecule has 2 heterocycles. The van der Waals surface area contributed by atoms with Crippen molar-refractivity contribution in [2.24, 2.45) is 11.8 Å². The molecule has 0 saturated carbocycles. The Morgan fingerprint density at radius 3 is 1.72 bits per heavy atom. The Morgan fingerprint density at radius 2 is 1.34 bits per heavy atom. The minimum Gasteiger partial charge on any atom is -0.465 e. The van der Waals surface area contributed by atoms with Crippen molar-refractivity contribution in [3.63, 3.8) is 0 Å². The fraction of sp³-hybridized carbons (Fsp3) is 0.913. The molecule has 0 amide bonds. The number of esters is 2. The molecule has 0 bridgehead atoms. The van der Waals surface area contributed by atoms with Gasteiger partial charge in [0.15, 0.2) is 0 Å². The Balaban J connectivity index is 1.69.